The highest BCUT2D eigenvalue weighted by molar-refractivity contribution is 7.92. The van der Waals surface area contributed by atoms with Crippen LogP contribution in [-0.2, 0) is 27.9 Å². The minimum atomic E-state index is -4.11. The van der Waals surface area contributed by atoms with Gasteiger partial charge in [0, 0.05) is 34.5 Å². The molecule has 2 aromatic heterocycles. The van der Waals surface area contributed by atoms with Crippen LogP contribution < -0.4 is 4.31 Å². The topological polar surface area (TPSA) is 121 Å². The highest BCUT2D eigenvalue weighted by atomic mass is 35.5. The number of halogens is 1. The van der Waals surface area contributed by atoms with Gasteiger partial charge in [-0.3, -0.25) is 9.10 Å². The van der Waals surface area contributed by atoms with E-state index in [4.69, 9.17) is 20.4 Å². The summed E-state index contributed by atoms with van der Waals surface area (Å²) in [6.07, 6.45) is 1.53. The molecule has 0 spiro atoms. The third-order valence-electron chi connectivity index (χ3n) is 6.50. The fourth-order valence-corrected chi connectivity index (χ4v) is 6.29. The van der Waals surface area contributed by atoms with Gasteiger partial charge in [0.1, 0.15) is 11.3 Å². The number of furan rings is 2. The predicted octanol–water partition coefficient (Wildman–Crippen LogP) is 6.48. The Hall–Kier alpha value is -3.76. The lowest BCUT2D eigenvalue weighted by Gasteiger charge is -2.31. The first kappa shape index (κ1) is 29.2. The van der Waals surface area contributed by atoms with Crippen LogP contribution in [0.15, 0.2) is 68.5 Å². The van der Waals surface area contributed by atoms with Crippen molar-refractivity contribution in [3.63, 3.8) is 0 Å². The number of rotatable bonds is 9. The van der Waals surface area contributed by atoms with Crippen LogP contribution in [0.25, 0.3) is 11.0 Å². The average molecular weight is 587 g/mol. The Labute approximate surface area is 238 Å². The molecule has 2 heterocycles. The van der Waals surface area contributed by atoms with Crippen LogP contribution in [0.2, 0.25) is 5.02 Å². The molecule has 0 saturated carbocycles. The second-order valence-corrected chi connectivity index (χ2v) is 12.8. The highest BCUT2D eigenvalue weighted by Crippen LogP contribution is 2.34. The maximum Gasteiger partial charge on any atom is 0.372 e. The molecule has 0 saturated heterocycles. The number of amides is 1. The Bertz CT molecular complexity index is 1670. The number of aryl methyl sites for hydroxylation is 1. The second-order valence-electron chi connectivity index (χ2n) is 10.5. The zero-order chi connectivity index (χ0) is 29.4. The van der Waals surface area contributed by atoms with E-state index in [1.165, 1.54) is 28.8 Å². The third-order valence-corrected chi connectivity index (χ3v) is 8.62. The van der Waals surface area contributed by atoms with Crippen molar-refractivity contribution < 1.29 is 31.9 Å². The maximum atomic E-state index is 14.0. The van der Waals surface area contributed by atoms with Crippen LogP contribution >= 0.6 is 11.6 Å². The molecular weight excluding hydrogens is 556 g/mol. The summed E-state index contributed by atoms with van der Waals surface area (Å²) in [5.74, 6) is -1.03. The summed E-state index contributed by atoms with van der Waals surface area (Å²) in [7, 11) is -4.11. The molecule has 4 rings (SSSR count). The van der Waals surface area contributed by atoms with Crippen LogP contribution in [0.1, 0.15) is 55.1 Å². The minimum Gasteiger partial charge on any atom is -0.475 e. The highest BCUT2D eigenvalue weighted by Gasteiger charge is 2.31. The molecule has 1 N–H and O–H groups in total. The first-order valence-corrected chi connectivity index (χ1v) is 14.4. The number of hydrogen-bond acceptors (Lipinski definition) is 6. The molecule has 40 heavy (non-hydrogen) atoms. The van der Waals surface area contributed by atoms with Crippen molar-refractivity contribution >= 4 is 50.2 Å². The molecule has 11 heteroatoms. The van der Waals surface area contributed by atoms with Crippen molar-refractivity contribution in [3.05, 3.63) is 82.5 Å². The van der Waals surface area contributed by atoms with E-state index in [0.29, 0.717) is 33.0 Å². The Morgan fingerprint density at radius 2 is 1.77 bits per heavy atom. The fourth-order valence-electron chi connectivity index (χ4n) is 4.56. The number of carbonyl (C=O) groups excluding carboxylic acids is 1. The largest absolute Gasteiger partial charge is 0.475 e. The van der Waals surface area contributed by atoms with E-state index in [1.54, 1.807) is 49.1 Å². The molecule has 0 bridgehead atoms. The van der Waals surface area contributed by atoms with Gasteiger partial charge in [-0.25, -0.2) is 13.2 Å². The Morgan fingerprint density at radius 1 is 1.05 bits per heavy atom. The van der Waals surface area contributed by atoms with Crippen LogP contribution in [0, 0.1) is 12.3 Å². The van der Waals surface area contributed by atoms with Gasteiger partial charge in [0.2, 0.25) is 11.7 Å². The van der Waals surface area contributed by atoms with E-state index in [-0.39, 0.29) is 41.8 Å². The molecule has 212 valence electrons. The zero-order valence-corrected chi connectivity index (χ0v) is 24.5. The van der Waals surface area contributed by atoms with Gasteiger partial charge in [-0.05, 0) is 67.9 Å². The summed E-state index contributed by atoms with van der Waals surface area (Å²) in [5.41, 5.74) is 0.820. The van der Waals surface area contributed by atoms with Crippen molar-refractivity contribution in [1.29, 1.82) is 0 Å². The number of carboxylic acid groups (broad SMARTS) is 1. The number of hydrogen-bond donors (Lipinski definition) is 1. The van der Waals surface area contributed by atoms with Crippen LogP contribution in [0.3, 0.4) is 0 Å². The summed E-state index contributed by atoms with van der Waals surface area (Å²) in [6, 6.07) is 12.6. The standard InChI is InChI=1S/C29H31ClN2O7S/c1-6-32(40(36,37)22-10-12-25-23(15-22)18(2)26(39-25)27(33)34)24-11-9-20(30)14-19(24)16-31(28(35)29(3,4)5)17-21-8-7-13-38-21/h7-15H,6,16-17H2,1-5H3,(H,33,34). The molecule has 0 fully saturated rings. The predicted molar refractivity (Wildman–Crippen MR) is 152 cm³/mol. The van der Waals surface area contributed by atoms with E-state index < -0.39 is 21.4 Å². The quantitative estimate of drug-likeness (QED) is 0.238. The summed E-state index contributed by atoms with van der Waals surface area (Å²) < 4.78 is 40.1. The van der Waals surface area contributed by atoms with Crippen molar-refractivity contribution in [2.24, 2.45) is 5.41 Å². The fraction of sp³-hybridized carbons (Fsp3) is 0.310. The molecule has 2 aromatic carbocycles. The smallest absolute Gasteiger partial charge is 0.372 e. The molecule has 0 aliphatic rings. The number of anilines is 1. The van der Waals surface area contributed by atoms with Gasteiger partial charge >= 0.3 is 5.97 Å². The molecule has 0 atom stereocenters. The number of carboxylic acids is 1. The molecule has 0 aliphatic carbocycles. The molecule has 0 aliphatic heterocycles. The Balaban J connectivity index is 1.78. The molecule has 9 nitrogen and oxygen atoms in total. The molecule has 4 aromatic rings. The van der Waals surface area contributed by atoms with Gasteiger partial charge in [-0.15, -0.1) is 0 Å². The van der Waals surface area contributed by atoms with Gasteiger partial charge in [0.15, 0.2) is 0 Å². The van der Waals surface area contributed by atoms with Crippen molar-refractivity contribution in [2.45, 2.75) is 52.6 Å². The van der Waals surface area contributed by atoms with E-state index in [1.807, 2.05) is 20.8 Å². The lowest BCUT2D eigenvalue weighted by Crippen LogP contribution is -2.39. The van der Waals surface area contributed by atoms with Crippen LogP contribution in [0.5, 0.6) is 0 Å². The zero-order valence-electron chi connectivity index (χ0n) is 22.9. The maximum absolute atomic E-state index is 14.0. The van der Waals surface area contributed by atoms with Crippen LogP contribution in [-0.4, -0.2) is 36.8 Å². The van der Waals surface area contributed by atoms with Gasteiger partial charge < -0.3 is 18.8 Å². The summed E-state index contributed by atoms with van der Waals surface area (Å²) in [5, 5.41) is 10.2. The lowest BCUT2D eigenvalue weighted by molar-refractivity contribution is -0.141. The normalized spacial score (nSPS) is 12.1. The number of nitrogens with zero attached hydrogens (tertiary/aromatic N) is 2. The van der Waals surface area contributed by atoms with Gasteiger partial charge in [-0.1, -0.05) is 32.4 Å². The number of sulfonamides is 1. The molecule has 0 unspecified atom stereocenters. The minimum absolute atomic E-state index is 0.0261. The third kappa shape index (κ3) is 5.73. The second kappa shape index (κ2) is 11.0. The van der Waals surface area contributed by atoms with E-state index in [2.05, 4.69) is 0 Å². The van der Waals surface area contributed by atoms with Crippen molar-refractivity contribution in [2.75, 3.05) is 10.8 Å². The number of fused-ring (bicyclic) bond motifs is 1. The van der Waals surface area contributed by atoms with Crippen LogP contribution in [0.4, 0.5) is 5.69 Å². The molecule has 0 radical (unpaired) electrons. The van der Waals surface area contributed by atoms with Gasteiger partial charge in [-0.2, -0.15) is 0 Å². The van der Waals surface area contributed by atoms with Crippen molar-refractivity contribution in [3.8, 4) is 0 Å². The van der Waals surface area contributed by atoms with Crippen molar-refractivity contribution in [1.82, 2.24) is 4.90 Å². The molecular formula is C29H31ClN2O7S. The van der Waals surface area contributed by atoms with E-state index >= 15 is 0 Å². The molecule has 1 amide bonds. The van der Waals surface area contributed by atoms with E-state index in [9.17, 15) is 23.1 Å². The number of aromatic carboxylic acids is 1. The Morgan fingerprint density at radius 3 is 2.38 bits per heavy atom. The number of carbonyl (C=O) groups is 2. The average Bonchev–Trinajstić information content (AvgIpc) is 3.51. The number of benzene rings is 2. The lowest BCUT2D eigenvalue weighted by atomic mass is 9.94. The monoisotopic (exact) mass is 586 g/mol. The van der Waals surface area contributed by atoms with Gasteiger partial charge in [0.05, 0.1) is 23.4 Å². The summed E-state index contributed by atoms with van der Waals surface area (Å²) in [6.45, 7) is 9.09. The van der Waals surface area contributed by atoms with Gasteiger partial charge in [0.25, 0.3) is 10.0 Å². The summed E-state index contributed by atoms with van der Waals surface area (Å²) >= 11 is 6.35. The van der Waals surface area contributed by atoms with E-state index in [0.717, 1.165) is 0 Å². The summed E-state index contributed by atoms with van der Waals surface area (Å²) in [4.78, 5) is 26.5. The first-order valence-electron chi connectivity index (χ1n) is 12.6. The first-order chi connectivity index (χ1) is 18.7. The Kier molecular flexibility index (Phi) is 8.05. The SMILES string of the molecule is CCN(c1ccc(Cl)cc1CN(Cc1ccco1)C(=O)C(C)(C)C)S(=O)(=O)c1ccc2oc(C(=O)O)c(C)c2c1.